The van der Waals surface area contributed by atoms with E-state index in [-0.39, 0.29) is 0 Å². The van der Waals surface area contributed by atoms with Crippen molar-refractivity contribution in [3.63, 3.8) is 0 Å². The third kappa shape index (κ3) is 2.29. The maximum absolute atomic E-state index is 2.44. The van der Waals surface area contributed by atoms with Crippen LogP contribution in [0.2, 0.25) is 0 Å². The molecule has 0 aliphatic carbocycles. The van der Waals surface area contributed by atoms with Crippen molar-refractivity contribution in [2.45, 2.75) is 39.7 Å². The van der Waals surface area contributed by atoms with Crippen LogP contribution in [-0.2, 0) is 0 Å². The van der Waals surface area contributed by atoms with E-state index >= 15 is 0 Å². The first-order chi connectivity index (χ1) is 11.0. The molecule has 23 heavy (non-hydrogen) atoms. The molecule has 5 rings (SSSR count). The van der Waals surface area contributed by atoms with Gasteiger partial charge in [0.15, 0.2) is 0 Å². The summed E-state index contributed by atoms with van der Waals surface area (Å²) in [5, 5.41) is 4.81. The second kappa shape index (κ2) is 5.24. The Labute approximate surface area is 139 Å². The summed E-state index contributed by atoms with van der Waals surface area (Å²) in [6.07, 6.45) is 2.32. The fourth-order valence-corrected chi connectivity index (χ4v) is 3.54. The van der Waals surface area contributed by atoms with Crippen molar-refractivity contribution in [3.05, 3.63) is 65.4 Å². The van der Waals surface area contributed by atoms with Crippen molar-refractivity contribution in [2.75, 3.05) is 11.6 Å². The first-order valence-corrected chi connectivity index (χ1v) is 8.52. The molecule has 0 amide bonds. The standard InChI is InChI=1S/C21H24N2/c1-14(2)20-10-9-18(17-7-5-15(3)6-8-17)11-21(20)23-13-19-12-22(23)16(19)4/h5-11,13-14,16H,12H2,1-4H3. The predicted molar refractivity (Wildman–Crippen MR) is 97.4 cm³/mol. The Morgan fingerprint density at radius 3 is 2.26 bits per heavy atom. The van der Waals surface area contributed by atoms with Crippen molar-refractivity contribution in [1.82, 2.24) is 5.01 Å². The van der Waals surface area contributed by atoms with E-state index in [1.165, 1.54) is 27.9 Å². The summed E-state index contributed by atoms with van der Waals surface area (Å²) in [4.78, 5) is 0. The smallest absolute Gasteiger partial charge is 0.0614 e. The molecular weight excluding hydrogens is 280 g/mol. The van der Waals surface area contributed by atoms with Crippen molar-refractivity contribution in [3.8, 4) is 11.1 Å². The van der Waals surface area contributed by atoms with E-state index in [1.54, 1.807) is 5.57 Å². The van der Waals surface area contributed by atoms with E-state index in [2.05, 4.69) is 86.4 Å². The molecule has 0 N–H and O–H groups in total. The molecule has 0 radical (unpaired) electrons. The molecular formula is C21H24N2. The molecule has 3 heterocycles. The number of fused-ring (bicyclic) bond motifs is 1. The summed E-state index contributed by atoms with van der Waals surface area (Å²) in [7, 11) is 0. The Kier molecular flexibility index (Phi) is 3.31. The summed E-state index contributed by atoms with van der Waals surface area (Å²) in [5.74, 6) is 0.518. The summed E-state index contributed by atoms with van der Waals surface area (Å²) in [6, 6.07) is 16.3. The Bertz CT molecular complexity index is 771. The molecule has 2 aromatic carbocycles. The van der Waals surface area contributed by atoms with Crippen LogP contribution >= 0.6 is 0 Å². The monoisotopic (exact) mass is 304 g/mol. The molecule has 3 aliphatic rings. The predicted octanol–water partition coefficient (Wildman–Crippen LogP) is 5.11. The van der Waals surface area contributed by atoms with Gasteiger partial charge in [-0.3, -0.25) is 5.01 Å². The Hall–Kier alpha value is -2.06. The number of hydrazine groups is 1. The van der Waals surface area contributed by atoms with Crippen molar-refractivity contribution in [1.29, 1.82) is 0 Å². The molecule has 0 spiro atoms. The van der Waals surface area contributed by atoms with Crippen LogP contribution in [0.3, 0.4) is 0 Å². The lowest BCUT2D eigenvalue weighted by Gasteiger charge is -2.39. The third-order valence-corrected chi connectivity index (χ3v) is 5.18. The molecule has 3 aliphatic heterocycles. The van der Waals surface area contributed by atoms with Gasteiger partial charge in [0.1, 0.15) is 0 Å². The maximum atomic E-state index is 2.44. The highest BCUT2D eigenvalue weighted by molar-refractivity contribution is 5.72. The zero-order valence-corrected chi connectivity index (χ0v) is 14.4. The minimum Gasteiger partial charge on any atom is -0.280 e. The van der Waals surface area contributed by atoms with Crippen LogP contribution in [0.1, 0.15) is 37.8 Å². The van der Waals surface area contributed by atoms with Gasteiger partial charge in [0, 0.05) is 12.7 Å². The van der Waals surface area contributed by atoms with Gasteiger partial charge in [0.25, 0.3) is 0 Å². The van der Waals surface area contributed by atoms with Crippen LogP contribution in [0.4, 0.5) is 5.69 Å². The highest BCUT2D eigenvalue weighted by atomic mass is 15.7. The average molecular weight is 304 g/mol. The SMILES string of the molecule is Cc1ccc(-c2ccc(C(C)C)c(N3C=C4CN3C4C)c2)cc1. The summed E-state index contributed by atoms with van der Waals surface area (Å²) < 4.78 is 0. The minimum atomic E-state index is 0.518. The minimum absolute atomic E-state index is 0.518. The molecule has 1 fully saturated rings. The van der Waals surface area contributed by atoms with E-state index in [0.717, 1.165) is 6.54 Å². The molecule has 2 aromatic rings. The van der Waals surface area contributed by atoms with Crippen molar-refractivity contribution < 1.29 is 0 Å². The molecule has 2 atom stereocenters. The van der Waals surface area contributed by atoms with Crippen LogP contribution in [0.5, 0.6) is 0 Å². The van der Waals surface area contributed by atoms with Crippen LogP contribution in [0, 0.1) is 6.92 Å². The average Bonchev–Trinajstić information content (AvgIpc) is 3.13. The maximum Gasteiger partial charge on any atom is 0.0614 e. The summed E-state index contributed by atoms with van der Waals surface area (Å²) in [5.41, 5.74) is 8.17. The van der Waals surface area contributed by atoms with E-state index in [1.807, 2.05) is 0 Å². The number of aryl methyl sites for hydroxylation is 1. The Morgan fingerprint density at radius 2 is 1.70 bits per heavy atom. The fourth-order valence-electron chi connectivity index (χ4n) is 3.54. The van der Waals surface area contributed by atoms with Crippen LogP contribution in [-0.4, -0.2) is 17.6 Å². The van der Waals surface area contributed by atoms with Gasteiger partial charge in [0.05, 0.1) is 11.7 Å². The number of anilines is 1. The van der Waals surface area contributed by atoms with Gasteiger partial charge in [-0.1, -0.05) is 55.8 Å². The lowest BCUT2D eigenvalue weighted by Crippen LogP contribution is -2.49. The van der Waals surface area contributed by atoms with E-state index < -0.39 is 0 Å². The van der Waals surface area contributed by atoms with Gasteiger partial charge in [-0.15, -0.1) is 0 Å². The largest absolute Gasteiger partial charge is 0.280 e. The lowest BCUT2D eigenvalue weighted by molar-refractivity contribution is 0.210. The highest BCUT2D eigenvalue weighted by Crippen LogP contribution is 2.41. The zero-order valence-electron chi connectivity index (χ0n) is 14.4. The van der Waals surface area contributed by atoms with Gasteiger partial charge in [-0.2, -0.15) is 0 Å². The van der Waals surface area contributed by atoms with Gasteiger partial charge >= 0.3 is 0 Å². The van der Waals surface area contributed by atoms with Crippen LogP contribution < -0.4 is 5.01 Å². The molecule has 2 bridgehead atoms. The van der Waals surface area contributed by atoms with Gasteiger partial charge in [0.2, 0.25) is 0 Å². The van der Waals surface area contributed by atoms with E-state index in [4.69, 9.17) is 0 Å². The van der Waals surface area contributed by atoms with Crippen molar-refractivity contribution >= 4 is 5.69 Å². The topological polar surface area (TPSA) is 6.48 Å². The van der Waals surface area contributed by atoms with E-state index in [9.17, 15) is 0 Å². The third-order valence-electron chi connectivity index (χ3n) is 5.18. The van der Waals surface area contributed by atoms with E-state index in [0.29, 0.717) is 12.0 Å². The van der Waals surface area contributed by atoms with Gasteiger partial charge < -0.3 is 0 Å². The first kappa shape index (κ1) is 14.5. The second-order valence-electron chi connectivity index (χ2n) is 7.12. The van der Waals surface area contributed by atoms with Crippen LogP contribution in [0.15, 0.2) is 54.2 Å². The summed E-state index contributed by atoms with van der Waals surface area (Å²) >= 11 is 0. The molecule has 1 saturated heterocycles. The molecule has 0 saturated carbocycles. The second-order valence-corrected chi connectivity index (χ2v) is 7.12. The normalized spacial score (nSPS) is 22.3. The molecule has 2 unspecified atom stereocenters. The Balaban J connectivity index is 1.78. The zero-order chi connectivity index (χ0) is 16.1. The number of hydrogen-bond donors (Lipinski definition) is 0. The molecule has 2 heteroatoms. The number of nitrogens with zero attached hydrogens (tertiary/aromatic N) is 2. The number of hydrogen-bond acceptors (Lipinski definition) is 2. The quantitative estimate of drug-likeness (QED) is 0.777. The first-order valence-electron chi connectivity index (χ1n) is 8.52. The summed E-state index contributed by atoms with van der Waals surface area (Å²) in [6.45, 7) is 10.1. The number of benzene rings is 2. The highest BCUT2D eigenvalue weighted by Gasteiger charge is 2.41. The molecule has 2 nitrogen and oxygen atoms in total. The molecule has 0 aromatic heterocycles. The van der Waals surface area contributed by atoms with Gasteiger partial charge in [-0.25, -0.2) is 5.01 Å². The lowest BCUT2D eigenvalue weighted by atomic mass is 9.96. The number of rotatable bonds is 3. The molecule has 118 valence electrons. The Morgan fingerprint density at radius 1 is 1.00 bits per heavy atom. The fraction of sp³-hybridized carbons (Fsp3) is 0.333. The van der Waals surface area contributed by atoms with Crippen molar-refractivity contribution in [2.24, 2.45) is 0 Å². The van der Waals surface area contributed by atoms with Gasteiger partial charge in [-0.05, 0) is 48.1 Å². The van der Waals surface area contributed by atoms with Crippen LogP contribution in [0.25, 0.3) is 11.1 Å².